The van der Waals surface area contributed by atoms with E-state index in [0.717, 1.165) is 17.7 Å². The van der Waals surface area contributed by atoms with Gasteiger partial charge in [0.2, 0.25) is 12.0 Å². The molecule has 9 N–H and O–H groups in total. The Labute approximate surface area is 226 Å². The van der Waals surface area contributed by atoms with Crippen LogP contribution < -0.4 is 4.74 Å². The molecule has 0 unspecified atom stereocenters. The molecular formula is C27H26O13. The summed E-state index contributed by atoms with van der Waals surface area (Å²) in [5.41, 5.74) is 0.752. The quantitative estimate of drug-likeness (QED) is 0.113. The van der Waals surface area contributed by atoms with Crippen molar-refractivity contribution in [1.29, 1.82) is 0 Å². The average Bonchev–Trinajstić information content (AvgIpc) is 2.92. The van der Waals surface area contributed by atoms with Gasteiger partial charge in [0.1, 0.15) is 36.8 Å². The molecule has 40 heavy (non-hydrogen) atoms. The highest BCUT2D eigenvalue weighted by Crippen LogP contribution is 2.40. The number of esters is 1. The zero-order chi connectivity index (χ0) is 29.1. The van der Waals surface area contributed by atoms with Crippen molar-refractivity contribution in [3.8, 4) is 40.2 Å². The number of aromatic hydroxyl groups is 6. The first-order valence-corrected chi connectivity index (χ1v) is 11.8. The van der Waals surface area contributed by atoms with Crippen molar-refractivity contribution in [3.63, 3.8) is 0 Å². The van der Waals surface area contributed by atoms with E-state index >= 15 is 0 Å². The van der Waals surface area contributed by atoms with Gasteiger partial charge < -0.3 is 60.2 Å². The Morgan fingerprint density at radius 2 is 1.32 bits per heavy atom. The first-order chi connectivity index (χ1) is 18.9. The second-order valence-corrected chi connectivity index (χ2v) is 8.91. The molecule has 5 atom stereocenters. The Morgan fingerprint density at radius 1 is 0.750 bits per heavy atom. The van der Waals surface area contributed by atoms with Gasteiger partial charge >= 0.3 is 5.97 Å². The number of rotatable bonds is 7. The molecule has 0 bridgehead atoms. The highest BCUT2D eigenvalue weighted by atomic mass is 16.7. The van der Waals surface area contributed by atoms with Crippen LogP contribution in [-0.2, 0) is 9.47 Å². The zero-order valence-electron chi connectivity index (χ0n) is 20.5. The van der Waals surface area contributed by atoms with E-state index < -0.39 is 77.8 Å². The summed E-state index contributed by atoms with van der Waals surface area (Å²) in [6.07, 6.45) is -5.41. The molecule has 1 aliphatic rings. The predicted molar refractivity (Wildman–Crippen MR) is 136 cm³/mol. The van der Waals surface area contributed by atoms with Gasteiger partial charge in [0.05, 0.1) is 5.56 Å². The lowest BCUT2D eigenvalue weighted by Gasteiger charge is -2.40. The van der Waals surface area contributed by atoms with Crippen molar-refractivity contribution in [3.05, 3.63) is 65.2 Å². The van der Waals surface area contributed by atoms with Crippen molar-refractivity contribution in [2.75, 3.05) is 6.61 Å². The van der Waals surface area contributed by atoms with E-state index in [9.17, 15) is 50.8 Å². The van der Waals surface area contributed by atoms with Gasteiger partial charge in [-0.05, 0) is 47.5 Å². The standard InChI is InChI=1S/C27H26O13/c28-15-5-3-12(4-6-15)1-2-13-7-18(31)25(19(32)8-13)40-27-24(36)23(35)22(34)20(39-27)11-38-26(37)14-9-16(29)21(33)17(30)10-14/h1-10,20,22-24,27-36H,11H2/b2-1+/t20-,22-,23+,24-,27+/m1/s1. The minimum Gasteiger partial charge on any atom is -0.508 e. The highest BCUT2D eigenvalue weighted by Gasteiger charge is 2.46. The summed E-state index contributed by atoms with van der Waals surface area (Å²) in [5, 5.41) is 89.7. The minimum atomic E-state index is -1.85. The van der Waals surface area contributed by atoms with Crippen molar-refractivity contribution in [1.82, 2.24) is 0 Å². The van der Waals surface area contributed by atoms with E-state index in [1.165, 1.54) is 24.3 Å². The number of hydrogen-bond donors (Lipinski definition) is 9. The van der Waals surface area contributed by atoms with Crippen LogP contribution in [0, 0.1) is 0 Å². The number of aliphatic hydroxyl groups is 3. The van der Waals surface area contributed by atoms with Gasteiger partial charge in [-0.2, -0.15) is 0 Å². The molecule has 212 valence electrons. The molecule has 4 rings (SSSR count). The SMILES string of the molecule is O=C(OC[C@H]1O[C@@H](Oc2c(O)cc(/C=C/c3ccc(O)cc3)cc2O)[C@H](O)[C@@H](O)[C@@H]1O)c1cc(O)c(O)c(O)c1. The molecule has 1 aliphatic heterocycles. The first kappa shape index (κ1) is 28.3. The van der Waals surface area contributed by atoms with Crippen molar-refractivity contribution in [2.24, 2.45) is 0 Å². The first-order valence-electron chi connectivity index (χ1n) is 11.8. The molecule has 0 saturated carbocycles. The van der Waals surface area contributed by atoms with Gasteiger partial charge in [0.25, 0.3) is 0 Å². The lowest BCUT2D eigenvalue weighted by molar-refractivity contribution is -0.277. The van der Waals surface area contributed by atoms with Crippen LogP contribution >= 0.6 is 0 Å². The maximum absolute atomic E-state index is 12.3. The molecule has 13 heteroatoms. The lowest BCUT2D eigenvalue weighted by atomic mass is 9.99. The molecule has 1 saturated heterocycles. The number of aliphatic hydroxyl groups excluding tert-OH is 3. The third-order valence-electron chi connectivity index (χ3n) is 6.02. The maximum Gasteiger partial charge on any atom is 0.338 e. The summed E-state index contributed by atoms with van der Waals surface area (Å²) < 4.78 is 15.9. The molecule has 1 heterocycles. The van der Waals surface area contributed by atoms with Crippen LogP contribution in [0.4, 0.5) is 0 Å². The van der Waals surface area contributed by atoms with E-state index in [0.29, 0.717) is 5.56 Å². The molecule has 0 aromatic heterocycles. The number of carbonyl (C=O) groups is 1. The molecule has 0 aliphatic carbocycles. The number of carbonyl (C=O) groups excluding carboxylic acids is 1. The number of ether oxygens (including phenoxy) is 3. The molecule has 0 amide bonds. The fourth-order valence-corrected chi connectivity index (χ4v) is 3.85. The van der Waals surface area contributed by atoms with Crippen LogP contribution in [0.1, 0.15) is 21.5 Å². The highest BCUT2D eigenvalue weighted by molar-refractivity contribution is 5.91. The second-order valence-electron chi connectivity index (χ2n) is 8.91. The Morgan fingerprint density at radius 3 is 1.93 bits per heavy atom. The molecule has 1 fully saturated rings. The zero-order valence-corrected chi connectivity index (χ0v) is 20.5. The smallest absolute Gasteiger partial charge is 0.338 e. The maximum atomic E-state index is 12.3. The van der Waals surface area contributed by atoms with Crippen molar-refractivity contribution in [2.45, 2.75) is 30.7 Å². The van der Waals surface area contributed by atoms with Gasteiger partial charge in [-0.1, -0.05) is 24.3 Å². The Balaban J connectivity index is 1.45. The van der Waals surface area contributed by atoms with Crippen LogP contribution in [-0.4, -0.2) is 89.2 Å². The molecule has 3 aromatic carbocycles. The third kappa shape index (κ3) is 6.13. The molecule has 3 aromatic rings. The van der Waals surface area contributed by atoms with E-state index in [-0.39, 0.29) is 11.3 Å². The van der Waals surface area contributed by atoms with Gasteiger partial charge in [-0.25, -0.2) is 4.79 Å². The topological polar surface area (TPSA) is 227 Å². The summed E-state index contributed by atoms with van der Waals surface area (Å²) in [5.74, 6) is -4.99. The second kappa shape index (κ2) is 11.6. The van der Waals surface area contributed by atoms with Gasteiger partial charge in [-0.15, -0.1) is 0 Å². The fourth-order valence-electron chi connectivity index (χ4n) is 3.85. The summed E-state index contributed by atoms with van der Waals surface area (Å²) in [4.78, 5) is 12.3. The summed E-state index contributed by atoms with van der Waals surface area (Å²) in [6.45, 7) is -0.689. The van der Waals surface area contributed by atoms with E-state index in [1.54, 1.807) is 24.3 Å². The summed E-state index contributed by atoms with van der Waals surface area (Å²) >= 11 is 0. The largest absolute Gasteiger partial charge is 0.508 e. The monoisotopic (exact) mass is 558 g/mol. The van der Waals surface area contributed by atoms with Crippen molar-refractivity contribution >= 4 is 18.1 Å². The third-order valence-corrected chi connectivity index (χ3v) is 6.02. The van der Waals surface area contributed by atoms with E-state index in [1.807, 2.05) is 0 Å². The van der Waals surface area contributed by atoms with Gasteiger partial charge in [0.15, 0.2) is 28.7 Å². The van der Waals surface area contributed by atoms with E-state index in [4.69, 9.17) is 14.2 Å². The van der Waals surface area contributed by atoms with Crippen LogP contribution in [0.15, 0.2) is 48.5 Å². The Kier molecular flexibility index (Phi) is 8.21. The normalized spacial score (nSPS) is 22.7. The lowest BCUT2D eigenvalue weighted by Crippen LogP contribution is -2.60. The minimum absolute atomic E-state index is 0.0945. The molecule has 0 radical (unpaired) electrons. The van der Waals surface area contributed by atoms with Crippen LogP contribution in [0.5, 0.6) is 40.2 Å². The van der Waals surface area contributed by atoms with E-state index in [2.05, 4.69) is 0 Å². The summed E-state index contributed by atoms with van der Waals surface area (Å²) in [6, 6.07) is 10.4. The fraction of sp³-hybridized carbons (Fsp3) is 0.222. The predicted octanol–water partition coefficient (Wildman–Crippen LogP) is 1.13. The molecule has 0 spiro atoms. The van der Waals surface area contributed by atoms with Crippen LogP contribution in [0.3, 0.4) is 0 Å². The molecular weight excluding hydrogens is 532 g/mol. The number of benzene rings is 3. The number of phenolic OH excluding ortho intramolecular Hbond substituents is 6. The van der Waals surface area contributed by atoms with Gasteiger partial charge in [-0.3, -0.25) is 0 Å². The van der Waals surface area contributed by atoms with Gasteiger partial charge in [0, 0.05) is 0 Å². The van der Waals surface area contributed by atoms with Crippen molar-refractivity contribution < 1.29 is 65.0 Å². The van der Waals surface area contributed by atoms with Crippen LogP contribution in [0.25, 0.3) is 12.2 Å². The Hall–Kier alpha value is -4.69. The average molecular weight is 558 g/mol. The Bertz CT molecular complexity index is 1360. The number of hydrogen-bond acceptors (Lipinski definition) is 13. The number of phenols is 6. The molecule has 13 nitrogen and oxygen atoms in total. The summed E-state index contributed by atoms with van der Waals surface area (Å²) in [7, 11) is 0. The van der Waals surface area contributed by atoms with Crippen LogP contribution in [0.2, 0.25) is 0 Å².